The molecule has 7 heteroatoms. The first-order chi connectivity index (χ1) is 16.2. The number of rotatable bonds is 8. The summed E-state index contributed by atoms with van der Waals surface area (Å²) in [6.07, 6.45) is 8.94. The maximum atomic E-state index is 13.3. The van der Waals surface area contributed by atoms with Gasteiger partial charge in [-0.15, -0.1) is 10.2 Å². The minimum Gasteiger partial charge on any atom is -0.361 e. The normalized spacial score (nSPS) is 18.1. The Kier molecular flexibility index (Phi) is 6.51. The SMILES string of the molecule is CC(CN1CCNCC1CCCc1c[nH]c2ccc(-n3cnnc3)cc12)c1ccc(F)cc1. The summed E-state index contributed by atoms with van der Waals surface area (Å²) in [6.45, 7) is 6.37. The van der Waals surface area contributed by atoms with Crippen molar-refractivity contribution in [3.63, 3.8) is 0 Å². The summed E-state index contributed by atoms with van der Waals surface area (Å²) < 4.78 is 15.2. The predicted molar refractivity (Wildman–Crippen MR) is 129 cm³/mol. The highest BCUT2D eigenvalue weighted by molar-refractivity contribution is 5.85. The molecule has 6 nitrogen and oxygen atoms in total. The van der Waals surface area contributed by atoms with Crippen molar-refractivity contribution in [1.29, 1.82) is 0 Å². The zero-order valence-electron chi connectivity index (χ0n) is 19.0. The molecule has 0 radical (unpaired) electrons. The summed E-state index contributed by atoms with van der Waals surface area (Å²) >= 11 is 0. The lowest BCUT2D eigenvalue weighted by molar-refractivity contribution is 0.144. The van der Waals surface area contributed by atoms with Crippen LogP contribution >= 0.6 is 0 Å². The van der Waals surface area contributed by atoms with E-state index >= 15 is 0 Å². The molecule has 5 rings (SSSR count). The summed E-state index contributed by atoms with van der Waals surface area (Å²) in [5.41, 5.74) is 4.80. The van der Waals surface area contributed by atoms with Gasteiger partial charge in [-0.3, -0.25) is 9.47 Å². The molecule has 4 aromatic rings. The predicted octanol–water partition coefficient (Wildman–Crippen LogP) is 4.29. The maximum absolute atomic E-state index is 13.3. The van der Waals surface area contributed by atoms with Crippen molar-refractivity contribution >= 4 is 10.9 Å². The number of nitrogens with zero attached hydrogens (tertiary/aromatic N) is 4. The molecule has 0 bridgehead atoms. The number of piperazine rings is 1. The number of aryl methyl sites for hydroxylation is 1. The summed E-state index contributed by atoms with van der Waals surface area (Å²) in [7, 11) is 0. The van der Waals surface area contributed by atoms with Crippen molar-refractivity contribution in [1.82, 2.24) is 30.0 Å². The summed E-state index contributed by atoms with van der Waals surface area (Å²) in [6, 6.07) is 13.9. The van der Waals surface area contributed by atoms with Crippen LogP contribution < -0.4 is 5.32 Å². The molecule has 0 amide bonds. The van der Waals surface area contributed by atoms with Gasteiger partial charge in [-0.2, -0.15) is 0 Å². The third kappa shape index (κ3) is 4.99. The van der Waals surface area contributed by atoms with Crippen LogP contribution in [0.2, 0.25) is 0 Å². The van der Waals surface area contributed by atoms with Crippen LogP contribution in [0.5, 0.6) is 0 Å². The Labute approximate surface area is 193 Å². The van der Waals surface area contributed by atoms with Gasteiger partial charge in [0.25, 0.3) is 0 Å². The van der Waals surface area contributed by atoms with E-state index in [1.165, 1.54) is 16.5 Å². The first kappa shape index (κ1) is 21.8. The molecule has 2 aromatic heterocycles. The van der Waals surface area contributed by atoms with E-state index in [2.05, 4.69) is 56.7 Å². The topological polar surface area (TPSA) is 61.8 Å². The minimum absolute atomic E-state index is 0.169. The Morgan fingerprint density at radius 3 is 2.76 bits per heavy atom. The molecule has 0 spiro atoms. The summed E-state index contributed by atoms with van der Waals surface area (Å²) in [5, 5.41) is 12.7. The number of fused-ring (bicyclic) bond motifs is 1. The van der Waals surface area contributed by atoms with E-state index in [0.29, 0.717) is 12.0 Å². The van der Waals surface area contributed by atoms with Gasteiger partial charge in [0.15, 0.2) is 0 Å². The molecule has 1 aliphatic heterocycles. The number of H-pyrrole nitrogens is 1. The number of hydrogen-bond donors (Lipinski definition) is 2. The highest BCUT2D eigenvalue weighted by atomic mass is 19.1. The number of halogens is 1. The highest BCUT2D eigenvalue weighted by Gasteiger charge is 2.24. The van der Waals surface area contributed by atoms with E-state index in [9.17, 15) is 4.39 Å². The summed E-state index contributed by atoms with van der Waals surface area (Å²) in [5.74, 6) is 0.216. The van der Waals surface area contributed by atoms with Gasteiger partial charge < -0.3 is 10.3 Å². The molecular weight excluding hydrogens is 415 g/mol. The number of aromatic amines is 1. The van der Waals surface area contributed by atoms with Crippen LogP contribution in [0.3, 0.4) is 0 Å². The quantitative estimate of drug-likeness (QED) is 0.424. The number of aromatic nitrogens is 4. The lowest BCUT2D eigenvalue weighted by Crippen LogP contribution is -2.52. The monoisotopic (exact) mass is 446 g/mol. The first-order valence-electron chi connectivity index (χ1n) is 11.8. The van der Waals surface area contributed by atoms with Crippen molar-refractivity contribution < 1.29 is 4.39 Å². The van der Waals surface area contributed by atoms with E-state index in [1.807, 2.05) is 16.7 Å². The number of hydrogen-bond acceptors (Lipinski definition) is 4. The van der Waals surface area contributed by atoms with Gasteiger partial charge in [-0.1, -0.05) is 19.1 Å². The lowest BCUT2D eigenvalue weighted by Gasteiger charge is -2.38. The van der Waals surface area contributed by atoms with E-state index < -0.39 is 0 Å². The van der Waals surface area contributed by atoms with Crippen LogP contribution in [0.25, 0.3) is 16.6 Å². The van der Waals surface area contributed by atoms with Crippen LogP contribution in [-0.4, -0.2) is 56.9 Å². The van der Waals surface area contributed by atoms with Gasteiger partial charge in [-0.05, 0) is 66.6 Å². The van der Waals surface area contributed by atoms with Crippen molar-refractivity contribution in [3.8, 4) is 5.69 Å². The second kappa shape index (κ2) is 9.85. The third-order valence-electron chi connectivity index (χ3n) is 6.87. The van der Waals surface area contributed by atoms with Gasteiger partial charge in [0.1, 0.15) is 18.5 Å². The molecule has 2 atom stereocenters. The zero-order valence-corrected chi connectivity index (χ0v) is 19.0. The van der Waals surface area contributed by atoms with Crippen molar-refractivity contribution in [2.45, 2.75) is 38.1 Å². The van der Waals surface area contributed by atoms with Gasteiger partial charge in [-0.25, -0.2) is 4.39 Å². The largest absolute Gasteiger partial charge is 0.361 e. The Morgan fingerprint density at radius 2 is 1.94 bits per heavy atom. The van der Waals surface area contributed by atoms with Crippen LogP contribution in [0.15, 0.2) is 61.3 Å². The van der Waals surface area contributed by atoms with Crippen LogP contribution in [-0.2, 0) is 6.42 Å². The molecule has 33 heavy (non-hydrogen) atoms. The molecule has 1 saturated heterocycles. The Hall–Kier alpha value is -3.03. The molecular formula is C26H31FN6. The molecule has 2 unspecified atom stereocenters. The number of nitrogens with one attached hydrogen (secondary N) is 2. The first-order valence-corrected chi connectivity index (χ1v) is 11.8. The Bertz CT molecular complexity index is 1170. The molecule has 1 aliphatic rings. The van der Waals surface area contributed by atoms with Crippen molar-refractivity contribution in [2.24, 2.45) is 0 Å². The number of benzene rings is 2. The Morgan fingerprint density at radius 1 is 1.12 bits per heavy atom. The molecule has 3 heterocycles. The molecule has 172 valence electrons. The van der Waals surface area contributed by atoms with E-state index in [4.69, 9.17) is 0 Å². The fourth-order valence-electron chi connectivity index (χ4n) is 4.97. The fraction of sp³-hybridized carbons (Fsp3) is 0.385. The van der Waals surface area contributed by atoms with Crippen LogP contribution in [0.4, 0.5) is 4.39 Å². The van der Waals surface area contributed by atoms with Gasteiger partial charge in [0.2, 0.25) is 0 Å². The van der Waals surface area contributed by atoms with Gasteiger partial charge in [0, 0.05) is 55.0 Å². The molecule has 0 aliphatic carbocycles. The third-order valence-corrected chi connectivity index (χ3v) is 6.87. The molecule has 1 fully saturated rings. The molecule has 2 aromatic carbocycles. The van der Waals surface area contributed by atoms with Crippen molar-refractivity contribution in [3.05, 3.63) is 78.3 Å². The smallest absolute Gasteiger partial charge is 0.123 e. The van der Waals surface area contributed by atoms with Gasteiger partial charge >= 0.3 is 0 Å². The van der Waals surface area contributed by atoms with Crippen LogP contribution in [0, 0.1) is 5.82 Å². The Balaban J connectivity index is 1.21. The lowest BCUT2D eigenvalue weighted by atomic mass is 9.97. The van der Waals surface area contributed by atoms with E-state index in [1.54, 1.807) is 24.8 Å². The second-order valence-electron chi connectivity index (χ2n) is 9.11. The molecule has 2 N–H and O–H groups in total. The highest BCUT2D eigenvalue weighted by Crippen LogP contribution is 2.25. The fourth-order valence-corrected chi connectivity index (χ4v) is 4.97. The average molecular weight is 447 g/mol. The minimum atomic E-state index is -0.169. The maximum Gasteiger partial charge on any atom is 0.123 e. The zero-order chi connectivity index (χ0) is 22.6. The average Bonchev–Trinajstić information content (AvgIpc) is 3.51. The van der Waals surface area contributed by atoms with Crippen molar-refractivity contribution in [2.75, 3.05) is 26.2 Å². The second-order valence-corrected chi connectivity index (χ2v) is 9.11. The summed E-state index contributed by atoms with van der Waals surface area (Å²) in [4.78, 5) is 6.03. The van der Waals surface area contributed by atoms with E-state index in [-0.39, 0.29) is 5.82 Å². The standard InChI is InChI=1S/C26H31FN6/c1-19(20-5-7-22(27)8-6-20)16-32-12-11-28-15-24(32)4-2-3-21-14-29-26-10-9-23(13-25(21)26)33-17-30-31-18-33/h5-10,13-14,17-19,24,28-29H,2-4,11-12,15-16H2,1H3. The van der Waals surface area contributed by atoms with E-state index in [0.717, 1.165) is 56.6 Å². The van der Waals surface area contributed by atoms with Gasteiger partial charge in [0.05, 0.1) is 0 Å². The van der Waals surface area contributed by atoms with Crippen LogP contribution in [0.1, 0.15) is 36.8 Å². The molecule has 0 saturated carbocycles.